The van der Waals surface area contributed by atoms with Crippen molar-refractivity contribution >= 4 is 11.6 Å². The Kier molecular flexibility index (Phi) is 4.61. The molecule has 0 radical (unpaired) electrons. The Bertz CT molecular complexity index is 550. The summed E-state index contributed by atoms with van der Waals surface area (Å²) in [6, 6.07) is 11.7. The number of hydrogen-bond acceptors (Lipinski definition) is 3. The molecule has 3 nitrogen and oxygen atoms in total. The normalized spacial score (nSPS) is 11.4. The van der Waals surface area contributed by atoms with Crippen LogP contribution in [0.5, 0.6) is 11.6 Å². The van der Waals surface area contributed by atoms with Crippen LogP contribution in [-0.4, -0.2) is 10.2 Å². The zero-order chi connectivity index (χ0) is 14.6. The number of nitrogens with zero attached hydrogens (tertiary/aromatic N) is 2. The second-order valence-corrected chi connectivity index (χ2v) is 5.63. The van der Waals surface area contributed by atoms with Crippen molar-refractivity contribution < 1.29 is 4.74 Å². The van der Waals surface area contributed by atoms with Crippen molar-refractivity contribution in [1.29, 1.82) is 0 Å². The zero-order valence-corrected chi connectivity index (χ0v) is 12.8. The Balaban J connectivity index is 2.10. The van der Waals surface area contributed by atoms with Crippen molar-refractivity contribution in [3.63, 3.8) is 0 Å². The maximum Gasteiger partial charge on any atom is 0.238 e. The lowest BCUT2D eigenvalue weighted by molar-refractivity contribution is 0.452. The molecule has 0 bridgehead atoms. The number of halogens is 1. The number of aromatic nitrogens is 2. The van der Waals surface area contributed by atoms with Gasteiger partial charge in [0.1, 0.15) is 5.75 Å². The van der Waals surface area contributed by atoms with Gasteiger partial charge in [0.2, 0.25) is 5.88 Å². The van der Waals surface area contributed by atoms with Crippen LogP contribution < -0.4 is 4.74 Å². The molecule has 2 aromatic rings. The van der Waals surface area contributed by atoms with Crippen molar-refractivity contribution in [2.75, 3.05) is 0 Å². The van der Waals surface area contributed by atoms with Crippen molar-refractivity contribution in [1.82, 2.24) is 10.2 Å². The molecule has 4 heteroatoms. The minimum atomic E-state index is 0.181. The van der Waals surface area contributed by atoms with Gasteiger partial charge in [0, 0.05) is 6.07 Å². The fraction of sp³-hybridized carbons (Fsp3) is 0.375. The molecule has 0 saturated heterocycles. The summed E-state index contributed by atoms with van der Waals surface area (Å²) in [6.07, 6.45) is 1.10. The quantitative estimate of drug-likeness (QED) is 0.749. The number of ether oxygens (including phenoxy) is 1. The first-order chi connectivity index (χ1) is 9.55. The Labute approximate surface area is 125 Å². The van der Waals surface area contributed by atoms with E-state index in [4.69, 9.17) is 16.3 Å². The zero-order valence-electron chi connectivity index (χ0n) is 12.1. The predicted molar refractivity (Wildman–Crippen MR) is 81.4 cm³/mol. The minimum absolute atomic E-state index is 0.181. The molecule has 0 N–H and O–H groups in total. The fourth-order valence-corrected chi connectivity index (χ4v) is 1.91. The second-order valence-electron chi connectivity index (χ2n) is 5.36. The van der Waals surface area contributed by atoms with Gasteiger partial charge in [-0.15, -0.1) is 16.7 Å². The Morgan fingerprint density at radius 2 is 1.75 bits per heavy atom. The third kappa shape index (κ3) is 3.48. The number of hydrogen-bond donors (Lipinski definition) is 0. The highest BCUT2D eigenvalue weighted by Crippen LogP contribution is 2.29. The molecule has 0 spiro atoms. The van der Waals surface area contributed by atoms with E-state index >= 15 is 0 Å². The van der Waals surface area contributed by atoms with Crippen molar-refractivity contribution in [2.45, 2.75) is 38.5 Å². The lowest BCUT2D eigenvalue weighted by atomic mass is 9.82. The summed E-state index contributed by atoms with van der Waals surface area (Å²) in [6.45, 7) is 6.66. The van der Waals surface area contributed by atoms with Gasteiger partial charge in [0.05, 0.1) is 11.6 Å². The average Bonchev–Trinajstić information content (AvgIpc) is 2.48. The average molecular weight is 291 g/mol. The fourth-order valence-electron chi connectivity index (χ4n) is 1.77. The van der Waals surface area contributed by atoms with Crippen LogP contribution >= 0.6 is 11.6 Å². The molecule has 0 atom stereocenters. The summed E-state index contributed by atoms with van der Waals surface area (Å²) in [5.74, 6) is 1.59. The van der Waals surface area contributed by atoms with E-state index in [1.807, 2.05) is 18.2 Å². The molecule has 1 aromatic heterocycles. The predicted octanol–water partition coefficient (Wildman–Crippen LogP) is 4.70. The molecular formula is C16H19ClN2O. The van der Waals surface area contributed by atoms with Crippen LogP contribution in [0.1, 0.15) is 38.4 Å². The third-order valence-corrected chi connectivity index (χ3v) is 3.85. The number of benzene rings is 1. The van der Waals surface area contributed by atoms with Crippen LogP contribution in [0.4, 0.5) is 0 Å². The first kappa shape index (κ1) is 14.8. The smallest absolute Gasteiger partial charge is 0.238 e. The molecule has 1 aromatic carbocycles. The van der Waals surface area contributed by atoms with Crippen LogP contribution in [-0.2, 0) is 11.3 Å². The van der Waals surface area contributed by atoms with Crippen molar-refractivity contribution in [2.24, 2.45) is 0 Å². The van der Waals surface area contributed by atoms with Gasteiger partial charge in [-0.3, -0.25) is 0 Å². The summed E-state index contributed by atoms with van der Waals surface area (Å²) in [4.78, 5) is 0. The molecule has 0 unspecified atom stereocenters. The molecule has 0 aliphatic carbocycles. The van der Waals surface area contributed by atoms with E-state index in [0.29, 0.717) is 11.8 Å². The Hall–Kier alpha value is -1.61. The number of rotatable bonds is 5. The van der Waals surface area contributed by atoms with E-state index in [0.717, 1.165) is 17.9 Å². The van der Waals surface area contributed by atoms with Gasteiger partial charge in [0.15, 0.2) is 0 Å². The van der Waals surface area contributed by atoms with E-state index in [1.54, 1.807) is 6.07 Å². The molecule has 2 rings (SSSR count). The number of alkyl halides is 1. The van der Waals surface area contributed by atoms with Crippen LogP contribution in [0, 0.1) is 0 Å². The van der Waals surface area contributed by atoms with Gasteiger partial charge >= 0.3 is 0 Å². The van der Waals surface area contributed by atoms with E-state index in [2.05, 4.69) is 43.1 Å². The molecule has 0 aliphatic heterocycles. The van der Waals surface area contributed by atoms with Gasteiger partial charge in [-0.1, -0.05) is 32.9 Å². The van der Waals surface area contributed by atoms with Crippen LogP contribution in [0.15, 0.2) is 36.4 Å². The van der Waals surface area contributed by atoms with Crippen molar-refractivity contribution in [3.8, 4) is 11.6 Å². The van der Waals surface area contributed by atoms with E-state index < -0.39 is 0 Å². The van der Waals surface area contributed by atoms with E-state index in [9.17, 15) is 0 Å². The summed E-state index contributed by atoms with van der Waals surface area (Å²) < 4.78 is 5.66. The first-order valence-corrected chi connectivity index (χ1v) is 7.25. The molecule has 1 heterocycles. The van der Waals surface area contributed by atoms with Crippen molar-refractivity contribution in [3.05, 3.63) is 47.7 Å². The highest BCUT2D eigenvalue weighted by molar-refractivity contribution is 6.16. The van der Waals surface area contributed by atoms with E-state index in [-0.39, 0.29) is 5.41 Å². The lowest BCUT2D eigenvalue weighted by Crippen LogP contribution is -2.14. The Morgan fingerprint density at radius 3 is 2.25 bits per heavy atom. The summed E-state index contributed by atoms with van der Waals surface area (Å²) >= 11 is 5.67. The van der Waals surface area contributed by atoms with Gasteiger partial charge in [-0.25, -0.2) is 0 Å². The van der Waals surface area contributed by atoms with Gasteiger partial charge in [-0.2, -0.15) is 5.10 Å². The largest absolute Gasteiger partial charge is 0.438 e. The minimum Gasteiger partial charge on any atom is -0.438 e. The molecule has 0 aliphatic rings. The molecule has 0 fully saturated rings. The first-order valence-electron chi connectivity index (χ1n) is 6.72. The molecule has 0 saturated carbocycles. The topological polar surface area (TPSA) is 35.0 Å². The standard InChI is InChI=1S/C16H19ClN2O/c1-4-16(2,3)12-5-8-14(9-6-12)20-15-10-7-13(11-17)18-19-15/h5-10H,4,11H2,1-3H3. The summed E-state index contributed by atoms with van der Waals surface area (Å²) in [5.41, 5.74) is 2.22. The highest BCUT2D eigenvalue weighted by atomic mass is 35.5. The van der Waals surface area contributed by atoms with Crippen LogP contribution in [0.2, 0.25) is 0 Å². The molecular weight excluding hydrogens is 272 g/mol. The lowest BCUT2D eigenvalue weighted by Gasteiger charge is -2.23. The van der Waals surface area contributed by atoms with Gasteiger partial charge < -0.3 is 4.74 Å². The summed E-state index contributed by atoms with van der Waals surface area (Å²) in [7, 11) is 0. The monoisotopic (exact) mass is 290 g/mol. The maximum atomic E-state index is 5.67. The van der Waals surface area contributed by atoms with Gasteiger partial charge in [0.25, 0.3) is 0 Å². The van der Waals surface area contributed by atoms with Gasteiger partial charge in [-0.05, 0) is 35.6 Å². The SMILES string of the molecule is CCC(C)(C)c1ccc(Oc2ccc(CCl)nn2)cc1. The second kappa shape index (κ2) is 6.23. The maximum absolute atomic E-state index is 5.67. The molecule has 20 heavy (non-hydrogen) atoms. The Morgan fingerprint density at radius 1 is 1.05 bits per heavy atom. The van der Waals surface area contributed by atoms with E-state index in [1.165, 1.54) is 5.56 Å². The third-order valence-electron chi connectivity index (χ3n) is 3.57. The van der Waals surface area contributed by atoms with Crippen LogP contribution in [0.25, 0.3) is 0 Å². The van der Waals surface area contributed by atoms with Crippen LogP contribution in [0.3, 0.4) is 0 Å². The highest BCUT2D eigenvalue weighted by Gasteiger charge is 2.17. The molecule has 106 valence electrons. The molecule has 0 amide bonds. The summed E-state index contributed by atoms with van der Waals surface area (Å²) in [5, 5.41) is 7.93.